The molecule has 1 heterocycles. The Morgan fingerprint density at radius 1 is 1.30 bits per heavy atom. The van der Waals surface area contributed by atoms with Crippen LogP contribution in [0.15, 0.2) is 0 Å². The number of nitrogens with zero attached hydrogens (tertiary/aromatic N) is 1. The van der Waals surface area contributed by atoms with Gasteiger partial charge in [-0.3, -0.25) is 4.79 Å². The molecule has 4 atom stereocenters. The third-order valence-electron chi connectivity index (χ3n) is 4.86. The van der Waals surface area contributed by atoms with Gasteiger partial charge in [0.05, 0.1) is 12.0 Å². The summed E-state index contributed by atoms with van der Waals surface area (Å²) in [4.78, 5) is 14.7. The Morgan fingerprint density at radius 3 is 2.85 bits per heavy atom. The second kappa shape index (κ2) is 7.41. The minimum absolute atomic E-state index is 0.0312. The van der Waals surface area contributed by atoms with Crippen molar-refractivity contribution < 1.29 is 9.53 Å². The van der Waals surface area contributed by atoms with Gasteiger partial charge < -0.3 is 15.4 Å². The van der Waals surface area contributed by atoms with Crippen LogP contribution in [0.2, 0.25) is 0 Å². The summed E-state index contributed by atoms with van der Waals surface area (Å²) < 4.78 is 5.82. The lowest BCUT2D eigenvalue weighted by atomic mass is 9.77. The first-order valence-electron chi connectivity index (χ1n) is 8.29. The number of carbonyl (C=O) groups excluding carboxylic acids is 1. The van der Waals surface area contributed by atoms with Crippen molar-refractivity contribution in [2.24, 2.45) is 17.6 Å². The number of rotatable bonds is 4. The van der Waals surface area contributed by atoms with E-state index < -0.39 is 0 Å². The lowest BCUT2D eigenvalue weighted by Crippen LogP contribution is -2.52. The third-order valence-corrected chi connectivity index (χ3v) is 4.86. The number of hydrogen-bond donors (Lipinski definition) is 1. The van der Waals surface area contributed by atoms with E-state index >= 15 is 0 Å². The number of ether oxygens (including phenoxy) is 1. The molecular weight excluding hydrogens is 252 g/mol. The standard InChI is InChI=1S/C16H30N2O2/c1-3-10-20-13-7-5-9-18(11-13)16(19)14-8-4-6-12(2)15(14)17/h12-15H,3-11,17H2,1-2H3. The number of hydrogen-bond acceptors (Lipinski definition) is 3. The SMILES string of the molecule is CCCOC1CCCN(C(=O)C2CCCC(C)C2N)C1. The summed E-state index contributed by atoms with van der Waals surface area (Å²) in [7, 11) is 0. The average Bonchev–Trinajstić information content (AvgIpc) is 2.47. The zero-order valence-corrected chi connectivity index (χ0v) is 13.0. The van der Waals surface area contributed by atoms with Crippen molar-refractivity contribution in [1.82, 2.24) is 4.90 Å². The van der Waals surface area contributed by atoms with Crippen molar-refractivity contribution in [2.75, 3.05) is 19.7 Å². The molecule has 0 spiro atoms. The molecule has 0 aromatic heterocycles. The average molecular weight is 282 g/mol. The second-order valence-electron chi connectivity index (χ2n) is 6.51. The molecule has 2 rings (SSSR count). The largest absolute Gasteiger partial charge is 0.376 e. The van der Waals surface area contributed by atoms with Gasteiger partial charge in [-0.25, -0.2) is 0 Å². The molecule has 1 aliphatic carbocycles. The van der Waals surface area contributed by atoms with Gasteiger partial charge in [0.25, 0.3) is 0 Å². The summed E-state index contributed by atoms with van der Waals surface area (Å²) in [5.41, 5.74) is 6.27. The highest BCUT2D eigenvalue weighted by atomic mass is 16.5. The summed E-state index contributed by atoms with van der Waals surface area (Å²) in [6.07, 6.45) is 6.65. The maximum absolute atomic E-state index is 12.7. The van der Waals surface area contributed by atoms with Crippen LogP contribution in [0, 0.1) is 11.8 Å². The van der Waals surface area contributed by atoms with Gasteiger partial charge >= 0.3 is 0 Å². The van der Waals surface area contributed by atoms with E-state index in [2.05, 4.69) is 13.8 Å². The van der Waals surface area contributed by atoms with Crippen LogP contribution < -0.4 is 5.73 Å². The van der Waals surface area contributed by atoms with Gasteiger partial charge in [-0.2, -0.15) is 0 Å². The van der Waals surface area contributed by atoms with Crippen LogP contribution >= 0.6 is 0 Å². The Balaban J connectivity index is 1.90. The molecule has 0 aromatic rings. The maximum atomic E-state index is 12.7. The van der Waals surface area contributed by atoms with Gasteiger partial charge in [0.2, 0.25) is 5.91 Å². The van der Waals surface area contributed by atoms with Crippen molar-refractivity contribution in [1.29, 1.82) is 0 Å². The van der Waals surface area contributed by atoms with E-state index in [1.165, 1.54) is 0 Å². The normalized spacial score (nSPS) is 35.0. The van der Waals surface area contributed by atoms with Crippen LogP contribution in [-0.4, -0.2) is 42.6 Å². The highest BCUT2D eigenvalue weighted by Gasteiger charge is 2.36. The van der Waals surface area contributed by atoms with Crippen molar-refractivity contribution in [3.8, 4) is 0 Å². The zero-order chi connectivity index (χ0) is 14.5. The van der Waals surface area contributed by atoms with Crippen LogP contribution in [-0.2, 0) is 9.53 Å². The minimum Gasteiger partial charge on any atom is -0.376 e. The molecule has 2 N–H and O–H groups in total. The summed E-state index contributed by atoms with van der Waals surface area (Å²) in [6, 6.07) is 0.0354. The topological polar surface area (TPSA) is 55.6 Å². The summed E-state index contributed by atoms with van der Waals surface area (Å²) in [5.74, 6) is 0.771. The monoisotopic (exact) mass is 282 g/mol. The highest BCUT2D eigenvalue weighted by molar-refractivity contribution is 5.79. The van der Waals surface area contributed by atoms with E-state index in [1.54, 1.807) is 0 Å². The van der Waals surface area contributed by atoms with E-state index in [-0.39, 0.29) is 24.0 Å². The molecule has 4 heteroatoms. The quantitative estimate of drug-likeness (QED) is 0.859. The Hall–Kier alpha value is -0.610. The fraction of sp³-hybridized carbons (Fsp3) is 0.938. The molecule has 0 radical (unpaired) electrons. The lowest BCUT2D eigenvalue weighted by Gasteiger charge is -2.39. The van der Waals surface area contributed by atoms with Gasteiger partial charge in [0, 0.05) is 25.7 Å². The molecule has 1 aliphatic heterocycles. The van der Waals surface area contributed by atoms with Crippen molar-refractivity contribution >= 4 is 5.91 Å². The first-order chi connectivity index (χ1) is 9.63. The van der Waals surface area contributed by atoms with Gasteiger partial charge in [0.15, 0.2) is 0 Å². The molecule has 4 nitrogen and oxygen atoms in total. The van der Waals surface area contributed by atoms with Gasteiger partial charge in [0.1, 0.15) is 0 Å². The van der Waals surface area contributed by atoms with E-state index in [0.717, 1.165) is 58.2 Å². The van der Waals surface area contributed by atoms with Crippen LogP contribution in [0.1, 0.15) is 52.4 Å². The number of amides is 1. The molecule has 1 saturated heterocycles. The highest BCUT2D eigenvalue weighted by Crippen LogP contribution is 2.30. The fourth-order valence-electron chi connectivity index (χ4n) is 3.52. The molecular formula is C16H30N2O2. The van der Waals surface area contributed by atoms with Gasteiger partial charge in [-0.15, -0.1) is 0 Å². The third kappa shape index (κ3) is 3.73. The van der Waals surface area contributed by atoms with Crippen molar-refractivity contribution in [2.45, 2.75) is 64.5 Å². The summed E-state index contributed by atoms with van der Waals surface area (Å²) in [6.45, 7) is 6.73. The van der Waals surface area contributed by atoms with Crippen molar-refractivity contribution in [3.63, 3.8) is 0 Å². The van der Waals surface area contributed by atoms with Crippen molar-refractivity contribution in [3.05, 3.63) is 0 Å². The fourth-order valence-corrected chi connectivity index (χ4v) is 3.52. The molecule has 0 bridgehead atoms. The first kappa shape index (κ1) is 15.8. The number of piperidine rings is 1. The van der Waals surface area contributed by atoms with E-state index in [0.29, 0.717) is 5.92 Å². The number of nitrogens with two attached hydrogens (primary N) is 1. The molecule has 1 amide bonds. The maximum Gasteiger partial charge on any atom is 0.227 e. The van der Waals surface area contributed by atoms with Crippen LogP contribution in [0.3, 0.4) is 0 Å². The Morgan fingerprint density at radius 2 is 2.10 bits per heavy atom. The molecule has 2 aliphatic rings. The minimum atomic E-state index is 0.0312. The second-order valence-corrected chi connectivity index (χ2v) is 6.51. The summed E-state index contributed by atoms with van der Waals surface area (Å²) in [5, 5.41) is 0. The smallest absolute Gasteiger partial charge is 0.227 e. The zero-order valence-electron chi connectivity index (χ0n) is 13.0. The number of likely N-dealkylation sites (tertiary alicyclic amines) is 1. The van der Waals surface area contributed by atoms with E-state index in [4.69, 9.17) is 10.5 Å². The predicted octanol–water partition coefficient (Wildman–Crippen LogP) is 2.17. The molecule has 0 aromatic carbocycles. The van der Waals surface area contributed by atoms with Crippen LogP contribution in [0.4, 0.5) is 0 Å². The first-order valence-corrected chi connectivity index (χ1v) is 8.29. The molecule has 116 valence electrons. The summed E-state index contributed by atoms with van der Waals surface area (Å²) >= 11 is 0. The van der Waals surface area contributed by atoms with Gasteiger partial charge in [-0.05, 0) is 38.0 Å². The lowest BCUT2D eigenvalue weighted by molar-refractivity contribution is -0.141. The molecule has 2 fully saturated rings. The van der Waals surface area contributed by atoms with Crippen LogP contribution in [0.5, 0.6) is 0 Å². The van der Waals surface area contributed by atoms with Crippen LogP contribution in [0.25, 0.3) is 0 Å². The Labute approximate surface area is 123 Å². The van der Waals surface area contributed by atoms with Gasteiger partial charge in [-0.1, -0.05) is 20.3 Å². The Bertz CT molecular complexity index is 322. The van der Waals surface area contributed by atoms with E-state index in [9.17, 15) is 4.79 Å². The molecule has 1 saturated carbocycles. The Kier molecular flexibility index (Phi) is 5.85. The van der Waals surface area contributed by atoms with E-state index in [1.807, 2.05) is 4.90 Å². The molecule has 4 unspecified atom stereocenters. The molecule has 20 heavy (non-hydrogen) atoms. The predicted molar refractivity (Wildman–Crippen MR) is 80.3 cm³/mol. The number of carbonyl (C=O) groups is 1.